The third-order valence-corrected chi connectivity index (χ3v) is 4.89. The topological polar surface area (TPSA) is 94.2 Å². The third kappa shape index (κ3) is 3.71. The van der Waals surface area contributed by atoms with Crippen LogP contribution >= 0.6 is 0 Å². The second kappa shape index (κ2) is 8.28. The molecule has 3 rings (SSSR count). The average Bonchev–Trinajstić information content (AvgIpc) is 2.72. The predicted octanol–water partition coefficient (Wildman–Crippen LogP) is 3.00. The zero-order chi connectivity index (χ0) is 22.0. The highest BCUT2D eigenvalue weighted by molar-refractivity contribution is 6.39. The fourth-order valence-electron chi connectivity index (χ4n) is 3.08. The van der Waals surface area contributed by atoms with Gasteiger partial charge in [-0.1, -0.05) is 6.07 Å². The van der Waals surface area contributed by atoms with Crippen molar-refractivity contribution < 1.29 is 28.6 Å². The van der Waals surface area contributed by atoms with E-state index >= 15 is 0 Å². The van der Waals surface area contributed by atoms with Crippen LogP contribution in [-0.2, 0) is 9.59 Å². The normalized spacial score (nSPS) is 15.3. The molecule has 156 valence electrons. The molecule has 0 unspecified atom stereocenters. The van der Waals surface area contributed by atoms with E-state index in [1.807, 2.05) is 19.9 Å². The molecule has 1 aliphatic heterocycles. The number of carbonyl (C=O) groups is 3. The largest absolute Gasteiger partial charge is 0.496 e. The number of carbonyl (C=O) groups excluding carboxylic acids is 3. The first-order chi connectivity index (χ1) is 14.3. The lowest BCUT2D eigenvalue weighted by Gasteiger charge is -2.27. The number of benzene rings is 2. The van der Waals surface area contributed by atoms with Crippen LogP contribution in [0.4, 0.5) is 10.5 Å². The number of ether oxygens (including phenoxy) is 3. The van der Waals surface area contributed by atoms with Crippen LogP contribution in [0, 0.1) is 13.8 Å². The molecule has 8 heteroatoms. The number of aryl methyl sites for hydroxylation is 2. The average molecular weight is 410 g/mol. The molecule has 4 amide bonds. The molecule has 0 spiro atoms. The van der Waals surface area contributed by atoms with Gasteiger partial charge in [0.25, 0.3) is 11.8 Å². The van der Waals surface area contributed by atoms with Crippen molar-refractivity contribution in [1.29, 1.82) is 0 Å². The molecular weight excluding hydrogens is 388 g/mol. The molecule has 0 aliphatic carbocycles. The molecule has 2 aromatic rings. The first-order valence-corrected chi connectivity index (χ1v) is 9.09. The van der Waals surface area contributed by atoms with E-state index < -0.39 is 17.8 Å². The summed E-state index contributed by atoms with van der Waals surface area (Å²) in [6.07, 6.45) is 1.36. The van der Waals surface area contributed by atoms with E-state index in [9.17, 15) is 14.4 Å². The summed E-state index contributed by atoms with van der Waals surface area (Å²) in [7, 11) is 4.41. The van der Waals surface area contributed by atoms with E-state index in [0.717, 1.165) is 16.0 Å². The Bertz CT molecular complexity index is 1070. The zero-order valence-corrected chi connectivity index (χ0v) is 17.4. The lowest BCUT2D eigenvalue weighted by atomic mass is 10.0. The molecule has 0 radical (unpaired) electrons. The molecule has 1 saturated heterocycles. The Labute approximate surface area is 174 Å². The Balaban J connectivity index is 2.10. The molecule has 0 atom stereocenters. The van der Waals surface area contributed by atoms with Gasteiger partial charge in [-0.15, -0.1) is 0 Å². The van der Waals surface area contributed by atoms with Crippen LogP contribution < -0.4 is 24.4 Å². The molecular formula is C22H22N2O6. The number of rotatable bonds is 5. The molecule has 2 aromatic carbocycles. The van der Waals surface area contributed by atoms with Crippen molar-refractivity contribution in [2.45, 2.75) is 13.8 Å². The summed E-state index contributed by atoms with van der Waals surface area (Å²) in [5.74, 6) is -0.320. The Morgan fingerprint density at radius 2 is 1.47 bits per heavy atom. The minimum atomic E-state index is -0.801. The van der Waals surface area contributed by atoms with E-state index in [4.69, 9.17) is 14.2 Å². The Kier molecular flexibility index (Phi) is 5.77. The highest BCUT2D eigenvalue weighted by atomic mass is 16.5. The van der Waals surface area contributed by atoms with Crippen LogP contribution in [0.5, 0.6) is 17.2 Å². The van der Waals surface area contributed by atoms with Gasteiger partial charge in [-0.2, -0.15) is 0 Å². The van der Waals surface area contributed by atoms with Crippen LogP contribution in [0.3, 0.4) is 0 Å². The number of urea groups is 1. The van der Waals surface area contributed by atoms with Gasteiger partial charge < -0.3 is 14.2 Å². The van der Waals surface area contributed by atoms with Crippen LogP contribution in [0.25, 0.3) is 6.08 Å². The molecule has 1 N–H and O–H groups in total. The van der Waals surface area contributed by atoms with E-state index in [2.05, 4.69) is 5.32 Å². The summed E-state index contributed by atoms with van der Waals surface area (Å²) < 4.78 is 15.9. The lowest BCUT2D eigenvalue weighted by molar-refractivity contribution is -0.122. The standard InChI is InChI=1S/C22H22N2O6/c1-12-6-7-15(8-13(12)2)24-21(26)16(20(25)23-22(24)27)9-14-10-18(29-4)19(30-5)11-17(14)28-3/h6-11H,1-5H3,(H,23,25,27). The number of hydrogen-bond donors (Lipinski definition) is 1. The maximum Gasteiger partial charge on any atom is 0.335 e. The summed E-state index contributed by atoms with van der Waals surface area (Å²) in [5, 5.41) is 2.21. The highest BCUT2D eigenvalue weighted by Crippen LogP contribution is 2.36. The van der Waals surface area contributed by atoms with Crippen molar-refractivity contribution in [2.75, 3.05) is 26.2 Å². The Morgan fingerprint density at radius 3 is 2.07 bits per heavy atom. The number of barbiturate groups is 1. The third-order valence-electron chi connectivity index (χ3n) is 4.89. The zero-order valence-electron chi connectivity index (χ0n) is 17.4. The van der Waals surface area contributed by atoms with Crippen LogP contribution in [-0.4, -0.2) is 39.2 Å². The van der Waals surface area contributed by atoms with Gasteiger partial charge in [-0.05, 0) is 49.2 Å². The van der Waals surface area contributed by atoms with Gasteiger partial charge in [-0.25, -0.2) is 9.69 Å². The van der Waals surface area contributed by atoms with Crippen molar-refractivity contribution in [2.24, 2.45) is 0 Å². The number of methoxy groups -OCH3 is 3. The smallest absolute Gasteiger partial charge is 0.335 e. The van der Waals surface area contributed by atoms with Crippen molar-refractivity contribution >= 4 is 29.6 Å². The molecule has 8 nitrogen and oxygen atoms in total. The number of anilines is 1. The maximum atomic E-state index is 13.1. The van der Waals surface area contributed by atoms with Crippen LogP contribution in [0.1, 0.15) is 16.7 Å². The van der Waals surface area contributed by atoms with Gasteiger partial charge in [0.05, 0.1) is 27.0 Å². The number of nitrogens with zero attached hydrogens (tertiary/aromatic N) is 1. The van der Waals surface area contributed by atoms with E-state index in [1.54, 1.807) is 24.3 Å². The van der Waals surface area contributed by atoms with Gasteiger partial charge in [0.1, 0.15) is 11.3 Å². The quantitative estimate of drug-likeness (QED) is 0.602. The minimum absolute atomic E-state index is 0.210. The summed E-state index contributed by atoms with van der Waals surface area (Å²) in [4.78, 5) is 38.9. The number of hydrogen-bond acceptors (Lipinski definition) is 6. The first kappa shape index (κ1) is 20.9. The van der Waals surface area contributed by atoms with Gasteiger partial charge >= 0.3 is 6.03 Å². The molecule has 0 saturated carbocycles. The first-order valence-electron chi connectivity index (χ1n) is 9.09. The number of nitrogens with one attached hydrogen (secondary N) is 1. The molecule has 0 bridgehead atoms. The molecule has 1 aliphatic rings. The van der Waals surface area contributed by atoms with Crippen molar-refractivity contribution in [1.82, 2.24) is 5.32 Å². The summed E-state index contributed by atoms with van der Waals surface area (Å²) in [5.41, 5.74) is 2.52. The van der Waals surface area contributed by atoms with E-state index in [-0.39, 0.29) is 5.57 Å². The molecule has 30 heavy (non-hydrogen) atoms. The van der Waals surface area contributed by atoms with Crippen molar-refractivity contribution in [3.63, 3.8) is 0 Å². The fourth-order valence-corrected chi connectivity index (χ4v) is 3.08. The summed E-state index contributed by atoms with van der Waals surface area (Å²) in [6, 6.07) is 7.55. The summed E-state index contributed by atoms with van der Waals surface area (Å²) in [6.45, 7) is 3.80. The fraction of sp³-hybridized carbons (Fsp3) is 0.227. The van der Waals surface area contributed by atoms with Gasteiger partial charge in [-0.3, -0.25) is 14.9 Å². The van der Waals surface area contributed by atoms with Crippen LogP contribution in [0.2, 0.25) is 0 Å². The van der Waals surface area contributed by atoms with Gasteiger partial charge in [0.2, 0.25) is 0 Å². The number of imide groups is 2. The second-order valence-electron chi connectivity index (χ2n) is 6.68. The Hall–Kier alpha value is -3.81. The van der Waals surface area contributed by atoms with E-state index in [1.165, 1.54) is 27.4 Å². The second-order valence-corrected chi connectivity index (χ2v) is 6.68. The molecule has 1 heterocycles. The monoisotopic (exact) mass is 410 g/mol. The van der Waals surface area contributed by atoms with Crippen LogP contribution in [0.15, 0.2) is 35.9 Å². The number of amides is 4. The molecule has 1 fully saturated rings. The maximum absolute atomic E-state index is 13.1. The SMILES string of the molecule is COc1cc(OC)c(OC)cc1C=C1C(=O)NC(=O)N(c2ccc(C)c(C)c2)C1=O. The van der Waals surface area contributed by atoms with E-state index in [0.29, 0.717) is 28.5 Å². The lowest BCUT2D eigenvalue weighted by Crippen LogP contribution is -2.54. The molecule has 0 aromatic heterocycles. The van der Waals surface area contributed by atoms with Crippen molar-refractivity contribution in [3.05, 3.63) is 52.6 Å². The van der Waals surface area contributed by atoms with Gasteiger partial charge in [0, 0.05) is 11.6 Å². The summed E-state index contributed by atoms with van der Waals surface area (Å²) >= 11 is 0. The van der Waals surface area contributed by atoms with Gasteiger partial charge in [0.15, 0.2) is 11.5 Å². The highest BCUT2D eigenvalue weighted by Gasteiger charge is 2.37. The van der Waals surface area contributed by atoms with Crippen molar-refractivity contribution in [3.8, 4) is 17.2 Å². The Morgan fingerprint density at radius 1 is 0.833 bits per heavy atom. The predicted molar refractivity (Wildman–Crippen MR) is 111 cm³/mol. The minimum Gasteiger partial charge on any atom is -0.496 e.